The first-order chi connectivity index (χ1) is 12.7. The van der Waals surface area contributed by atoms with Crippen LogP contribution in [0.5, 0.6) is 0 Å². The second kappa shape index (κ2) is 7.35. The van der Waals surface area contributed by atoms with Crippen LogP contribution in [-0.4, -0.2) is 17.4 Å². The van der Waals surface area contributed by atoms with Crippen LogP contribution in [0.4, 0.5) is 0 Å². The van der Waals surface area contributed by atoms with E-state index in [-0.39, 0.29) is 11.9 Å². The molecule has 4 rings (SSSR count). The van der Waals surface area contributed by atoms with Gasteiger partial charge in [0.25, 0.3) is 0 Å². The summed E-state index contributed by atoms with van der Waals surface area (Å²) in [6.45, 7) is 0.707. The zero-order chi connectivity index (χ0) is 17.9. The van der Waals surface area contributed by atoms with Gasteiger partial charge in [-0.05, 0) is 34.7 Å². The van der Waals surface area contributed by atoms with Crippen molar-refractivity contribution in [2.45, 2.75) is 18.9 Å². The van der Waals surface area contributed by atoms with E-state index in [9.17, 15) is 4.79 Å². The second-order valence-electron chi connectivity index (χ2n) is 6.62. The van der Waals surface area contributed by atoms with Gasteiger partial charge in [-0.2, -0.15) is 0 Å². The highest BCUT2D eigenvalue weighted by Crippen LogP contribution is 2.38. The van der Waals surface area contributed by atoms with Crippen LogP contribution in [0.25, 0.3) is 0 Å². The zero-order valence-corrected chi connectivity index (χ0v) is 15.2. The van der Waals surface area contributed by atoms with Gasteiger partial charge in [0, 0.05) is 11.6 Å². The number of carbonyl (C=O) groups excluding carboxylic acids is 1. The van der Waals surface area contributed by atoms with E-state index in [2.05, 4.69) is 18.2 Å². The maximum Gasteiger partial charge on any atom is 0.227 e. The van der Waals surface area contributed by atoms with Crippen molar-refractivity contribution in [3.8, 4) is 0 Å². The lowest BCUT2D eigenvalue weighted by atomic mass is 9.87. The smallest absolute Gasteiger partial charge is 0.227 e. The number of nitrogens with zero attached hydrogens (tertiary/aromatic N) is 1. The summed E-state index contributed by atoms with van der Waals surface area (Å²) in [6, 6.07) is 26.0. The minimum absolute atomic E-state index is 0.134. The van der Waals surface area contributed by atoms with Crippen molar-refractivity contribution in [3.63, 3.8) is 0 Å². The molecule has 1 heterocycles. The normalized spacial score (nSPS) is 16.2. The fourth-order valence-electron chi connectivity index (χ4n) is 3.74. The number of benzene rings is 3. The molecule has 1 amide bonds. The van der Waals surface area contributed by atoms with Gasteiger partial charge in [-0.1, -0.05) is 84.4 Å². The second-order valence-corrected chi connectivity index (χ2v) is 7.03. The summed E-state index contributed by atoms with van der Waals surface area (Å²) in [5.74, 6) is 0.135. The van der Waals surface area contributed by atoms with Gasteiger partial charge in [0.2, 0.25) is 5.91 Å². The average molecular weight is 362 g/mol. The first kappa shape index (κ1) is 16.9. The largest absolute Gasteiger partial charge is 0.331 e. The molecular weight excluding hydrogens is 342 g/mol. The molecule has 1 atom stereocenters. The summed E-state index contributed by atoms with van der Waals surface area (Å²) >= 11 is 6.52. The SMILES string of the molecule is O=C(Cc1ccccc1)N1CCc2ccccc2[C@H]1c1ccccc1Cl. The monoisotopic (exact) mass is 361 g/mol. The predicted molar refractivity (Wildman–Crippen MR) is 105 cm³/mol. The van der Waals surface area contributed by atoms with Crippen LogP contribution in [0, 0.1) is 0 Å². The lowest BCUT2D eigenvalue weighted by Crippen LogP contribution is -2.41. The lowest BCUT2D eigenvalue weighted by Gasteiger charge is -2.38. The van der Waals surface area contributed by atoms with Crippen LogP contribution in [0.3, 0.4) is 0 Å². The van der Waals surface area contributed by atoms with E-state index in [4.69, 9.17) is 11.6 Å². The third-order valence-corrected chi connectivity index (χ3v) is 5.35. The summed E-state index contributed by atoms with van der Waals surface area (Å²) < 4.78 is 0. The van der Waals surface area contributed by atoms with Gasteiger partial charge in [0.15, 0.2) is 0 Å². The third-order valence-electron chi connectivity index (χ3n) is 5.00. The molecule has 0 spiro atoms. The Bertz CT molecular complexity index is 922. The fourth-order valence-corrected chi connectivity index (χ4v) is 3.98. The van der Waals surface area contributed by atoms with E-state index >= 15 is 0 Å². The van der Waals surface area contributed by atoms with Gasteiger partial charge < -0.3 is 4.90 Å². The topological polar surface area (TPSA) is 20.3 Å². The summed E-state index contributed by atoms with van der Waals surface area (Å²) in [5, 5.41) is 0.701. The number of halogens is 1. The summed E-state index contributed by atoms with van der Waals surface area (Å²) in [6.07, 6.45) is 1.28. The van der Waals surface area contributed by atoms with Crippen molar-refractivity contribution < 1.29 is 4.79 Å². The molecule has 1 aliphatic rings. The molecule has 2 nitrogen and oxygen atoms in total. The van der Waals surface area contributed by atoms with E-state index in [0.29, 0.717) is 18.0 Å². The van der Waals surface area contributed by atoms with Gasteiger partial charge in [-0.3, -0.25) is 4.79 Å². The molecule has 0 aromatic heterocycles. The van der Waals surface area contributed by atoms with Crippen LogP contribution in [0.15, 0.2) is 78.9 Å². The van der Waals surface area contributed by atoms with Crippen molar-refractivity contribution in [1.82, 2.24) is 4.90 Å². The van der Waals surface area contributed by atoms with Crippen molar-refractivity contribution in [2.75, 3.05) is 6.54 Å². The van der Waals surface area contributed by atoms with Crippen LogP contribution in [0.2, 0.25) is 5.02 Å². The van der Waals surface area contributed by atoms with Crippen LogP contribution < -0.4 is 0 Å². The standard InChI is InChI=1S/C23H20ClNO/c24-21-13-7-6-12-20(21)23-19-11-5-4-10-18(19)14-15-25(23)22(26)16-17-8-2-1-3-9-17/h1-13,23H,14-16H2/t23-/m0/s1. The summed E-state index contributed by atoms with van der Waals surface area (Å²) in [4.78, 5) is 15.1. The lowest BCUT2D eigenvalue weighted by molar-refractivity contribution is -0.132. The number of carbonyl (C=O) groups is 1. The van der Waals surface area contributed by atoms with E-state index in [1.165, 1.54) is 11.1 Å². The van der Waals surface area contributed by atoms with Crippen molar-refractivity contribution in [2.24, 2.45) is 0 Å². The summed E-state index contributed by atoms with van der Waals surface area (Å²) in [7, 11) is 0. The Hall–Kier alpha value is -2.58. The highest BCUT2D eigenvalue weighted by molar-refractivity contribution is 6.31. The molecule has 0 unspecified atom stereocenters. The quantitative estimate of drug-likeness (QED) is 0.638. The zero-order valence-electron chi connectivity index (χ0n) is 14.4. The molecule has 0 saturated carbocycles. The highest BCUT2D eigenvalue weighted by atomic mass is 35.5. The molecule has 26 heavy (non-hydrogen) atoms. The van der Waals surface area contributed by atoms with Crippen LogP contribution >= 0.6 is 11.6 Å². The Morgan fingerprint density at radius 2 is 1.54 bits per heavy atom. The Kier molecular flexibility index (Phi) is 4.77. The van der Waals surface area contributed by atoms with Gasteiger partial charge in [0.05, 0.1) is 12.5 Å². The fraction of sp³-hybridized carbons (Fsp3) is 0.174. The first-order valence-electron chi connectivity index (χ1n) is 8.89. The minimum Gasteiger partial charge on any atom is -0.331 e. The minimum atomic E-state index is -0.134. The average Bonchev–Trinajstić information content (AvgIpc) is 2.68. The Balaban J connectivity index is 1.74. The molecule has 0 radical (unpaired) electrons. The van der Waals surface area contributed by atoms with E-state index < -0.39 is 0 Å². The number of rotatable bonds is 3. The van der Waals surface area contributed by atoms with Gasteiger partial charge >= 0.3 is 0 Å². The van der Waals surface area contributed by atoms with E-state index in [1.54, 1.807) is 0 Å². The van der Waals surface area contributed by atoms with Crippen LogP contribution in [0.1, 0.15) is 28.3 Å². The highest BCUT2D eigenvalue weighted by Gasteiger charge is 2.32. The number of fused-ring (bicyclic) bond motifs is 1. The molecule has 3 aromatic carbocycles. The maximum absolute atomic E-state index is 13.2. The predicted octanol–water partition coefficient (Wildman–Crippen LogP) is 5.06. The molecule has 3 aromatic rings. The van der Waals surface area contributed by atoms with Crippen molar-refractivity contribution in [3.05, 3.63) is 106 Å². The molecule has 0 aliphatic carbocycles. The Labute approximate surface area is 159 Å². The Morgan fingerprint density at radius 1 is 0.885 bits per heavy atom. The van der Waals surface area contributed by atoms with Gasteiger partial charge in [0.1, 0.15) is 0 Å². The van der Waals surface area contributed by atoms with E-state index in [0.717, 1.165) is 17.5 Å². The molecule has 130 valence electrons. The third kappa shape index (κ3) is 3.25. The molecule has 0 fully saturated rings. The number of hydrogen-bond acceptors (Lipinski definition) is 1. The Morgan fingerprint density at radius 3 is 2.31 bits per heavy atom. The molecule has 1 aliphatic heterocycles. The number of hydrogen-bond donors (Lipinski definition) is 0. The molecule has 0 N–H and O–H groups in total. The van der Waals surface area contributed by atoms with Gasteiger partial charge in [-0.25, -0.2) is 0 Å². The van der Waals surface area contributed by atoms with Crippen molar-refractivity contribution in [1.29, 1.82) is 0 Å². The number of amides is 1. The maximum atomic E-state index is 13.2. The molecular formula is C23H20ClNO. The van der Waals surface area contributed by atoms with E-state index in [1.807, 2.05) is 65.6 Å². The van der Waals surface area contributed by atoms with Gasteiger partial charge in [-0.15, -0.1) is 0 Å². The first-order valence-corrected chi connectivity index (χ1v) is 9.27. The molecule has 3 heteroatoms. The molecule has 0 saturated heterocycles. The molecule has 0 bridgehead atoms. The van der Waals surface area contributed by atoms with Crippen molar-refractivity contribution >= 4 is 17.5 Å². The van der Waals surface area contributed by atoms with Crippen LogP contribution in [-0.2, 0) is 17.6 Å². The summed E-state index contributed by atoms with van der Waals surface area (Å²) in [5.41, 5.74) is 4.49.